The van der Waals surface area contributed by atoms with Crippen LogP contribution in [0.4, 0.5) is 0 Å². The third-order valence-corrected chi connectivity index (χ3v) is 4.35. The molecule has 0 aromatic rings. The Morgan fingerprint density at radius 2 is 1.88 bits per heavy atom. The van der Waals surface area contributed by atoms with Gasteiger partial charge in [0.1, 0.15) is 0 Å². The van der Waals surface area contributed by atoms with Gasteiger partial charge in [-0.2, -0.15) is 0 Å². The summed E-state index contributed by atoms with van der Waals surface area (Å²) in [4.78, 5) is 18.2. The molecule has 0 amide bonds. The summed E-state index contributed by atoms with van der Waals surface area (Å²) in [6, 6.07) is 0.428. The molecule has 26 heavy (non-hydrogen) atoms. The number of nitrogens with zero attached hydrogens (tertiary/aromatic N) is 2. The molecule has 1 rings (SSSR count). The van der Waals surface area contributed by atoms with Gasteiger partial charge in [0.2, 0.25) is 0 Å². The summed E-state index contributed by atoms with van der Waals surface area (Å²) in [5.41, 5.74) is 0. The van der Waals surface area contributed by atoms with E-state index in [9.17, 15) is 4.79 Å². The molecule has 0 spiro atoms. The molecule has 0 bridgehead atoms. The predicted molar refractivity (Wildman–Crippen MR) is 116 cm³/mol. The van der Waals surface area contributed by atoms with Gasteiger partial charge in [-0.1, -0.05) is 12.8 Å². The molecule has 0 radical (unpaired) electrons. The minimum atomic E-state index is -0.117. The molecular formula is C18H37IN4O3. The van der Waals surface area contributed by atoms with Gasteiger partial charge in [0.05, 0.1) is 26.9 Å². The van der Waals surface area contributed by atoms with Crippen molar-refractivity contribution in [2.24, 2.45) is 4.99 Å². The number of hydrogen-bond acceptors (Lipinski definition) is 5. The fourth-order valence-corrected chi connectivity index (χ4v) is 2.76. The molecule has 0 aromatic heterocycles. The van der Waals surface area contributed by atoms with E-state index < -0.39 is 0 Å². The maximum Gasteiger partial charge on any atom is 0.305 e. The number of guanidine groups is 1. The van der Waals surface area contributed by atoms with Crippen molar-refractivity contribution in [3.05, 3.63) is 0 Å². The minimum absolute atomic E-state index is 0. The lowest BCUT2D eigenvalue weighted by Crippen LogP contribution is -2.44. The smallest absolute Gasteiger partial charge is 0.305 e. The zero-order chi connectivity index (χ0) is 18.3. The first-order chi connectivity index (χ1) is 12.2. The standard InChI is InChI=1S/C18H36N4O3.HI/c1-4-19-18(20-10-8-6-5-7-9-17(23)24-3)21-15-16(2)22-11-13-25-14-12-22;/h16H,4-15H2,1-3H3,(H2,19,20,21);1H. The highest BCUT2D eigenvalue weighted by atomic mass is 127. The quantitative estimate of drug-likeness (QED) is 0.154. The van der Waals surface area contributed by atoms with E-state index in [-0.39, 0.29) is 29.9 Å². The van der Waals surface area contributed by atoms with Gasteiger partial charge in [0.25, 0.3) is 0 Å². The van der Waals surface area contributed by atoms with Crippen LogP contribution in [0.25, 0.3) is 0 Å². The fraction of sp³-hybridized carbons (Fsp3) is 0.889. The van der Waals surface area contributed by atoms with E-state index in [0.29, 0.717) is 12.5 Å². The van der Waals surface area contributed by atoms with E-state index in [1.165, 1.54) is 7.11 Å². The molecular weight excluding hydrogens is 447 g/mol. The molecule has 2 N–H and O–H groups in total. The summed E-state index contributed by atoms with van der Waals surface area (Å²) >= 11 is 0. The lowest BCUT2D eigenvalue weighted by atomic mass is 10.1. The van der Waals surface area contributed by atoms with Crippen LogP contribution in [0.15, 0.2) is 4.99 Å². The molecule has 1 unspecified atom stereocenters. The van der Waals surface area contributed by atoms with Crippen molar-refractivity contribution in [2.45, 2.75) is 52.0 Å². The molecule has 154 valence electrons. The van der Waals surface area contributed by atoms with Crippen LogP contribution in [0, 0.1) is 0 Å². The van der Waals surface area contributed by atoms with Gasteiger partial charge in [0, 0.05) is 38.6 Å². The van der Waals surface area contributed by atoms with Crippen LogP contribution in [0.3, 0.4) is 0 Å². The van der Waals surface area contributed by atoms with Gasteiger partial charge < -0.3 is 20.1 Å². The molecule has 0 aromatic carbocycles. The van der Waals surface area contributed by atoms with Crippen LogP contribution in [0.2, 0.25) is 0 Å². The summed E-state index contributed by atoms with van der Waals surface area (Å²) in [5, 5.41) is 6.69. The van der Waals surface area contributed by atoms with Crippen LogP contribution < -0.4 is 10.6 Å². The van der Waals surface area contributed by atoms with E-state index >= 15 is 0 Å². The van der Waals surface area contributed by atoms with E-state index in [2.05, 4.69) is 34.1 Å². The molecule has 1 aliphatic heterocycles. The van der Waals surface area contributed by atoms with Gasteiger partial charge in [0.15, 0.2) is 5.96 Å². The number of methoxy groups -OCH3 is 1. The molecule has 1 atom stereocenters. The Hall–Kier alpha value is -0.610. The second kappa shape index (κ2) is 16.6. The van der Waals surface area contributed by atoms with Crippen molar-refractivity contribution in [2.75, 3.05) is 53.0 Å². The Labute approximate surface area is 175 Å². The Morgan fingerprint density at radius 1 is 1.19 bits per heavy atom. The molecule has 8 heteroatoms. The number of ether oxygens (including phenoxy) is 2. The first-order valence-corrected chi connectivity index (χ1v) is 9.58. The zero-order valence-electron chi connectivity index (χ0n) is 16.6. The summed E-state index contributed by atoms with van der Waals surface area (Å²) < 4.78 is 10.0. The van der Waals surface area contributed by atoms with Crippen LogP contribution in [-0.2, 0) is 14.3 Å². The lowest BCUT2D eigenvalue weighted by molar-refractivity contribution is -0.140. The number of carbonyl (C=O) groups is 1. The highest BCUT2D eigenvalue weighted by molar-refractivity contribution is 14.0. The Kier molecular flexibility index (Phi) is 16.2. The summed E-state index contributed by atoms with van der Waals surface area (Å²) in [7, 11) is 1.44. The van der Waals surface area contributed by atoms with Crippen molar-refractivity contribution in [3.63, 3.8) is 0 Å². The highest BCUT2D eigenvalue weighted by Crippen LogP contribution is 2.04. The van der Waals surface area contributed by atoms with Crippen LogP contribution in [-0.4, -0.2) is 75.9 Å². The maximum atomic E-state index is 11.0. The molecule has 0 saturated carbocycles. The Morgan fingerprint density at radius 3 is 2.54 bits per heavy atom. The monoisotopic (exact) mass is 484 g/mol. The molecule has 1 saturated heterocycles. The third kappa shape index (κ3) is 11.9. The average molecular weight is 484 g/mol. The van der Waals surface area contributed by atoms with Crippen molar-refractivity contribution in [1.29, 1.82) is 0 Å². The van der Waals surface area contributed by atoms with Gasteiger partial charge >= 0.3 is 5.97 Å². The van der Waals surface area contributed by atoms with E-state index in [4.69, 9.17) is 9.73 Å². The number of hydrogen-bond donors (Lipinski definition) is 2. The number of aliphatic imine (C=N–C) groups is 1. The predicted octanol–water partition coefficient (Wildman–Crippen LogP) is 2.00. The van der Waals surface area contributed by atoms with Crippen LogP contribution >= 0.6 is 24.0 Å². The summed E-state index contributed by atoms with van der Waals surface area (Å²) in [6.07, 6.45) is 4.65. The number of esters is 1. The largest absolute Gasteiger partial charge is 0.469 e. The highest BCUT2D eigenvalue weighted by Gasteiger charge is 2.16. The molecule has 1 heterocycles. The third-order valence-electron chi connectivity index (χ3n) is 4.35. The Balaban J connectivity index is 0.00000625. The van der Waals surface area contributed by atoms with Gasteiger partial charge in [-0.3, -0.25) is 14.7 Å². The zero-order valence-corrected chi connectivity index (χ0v) is 18.9. The van der Waals surface area contributed by atoms with E-state index in [0.717, 1.165) is 77.6 Å². The first kappa shape index (κ1) is 25.4. The molecule has 7 nitrogen and oxygen atoms in total. The lowest BCUT2D eigenvalue weighted by Gasteiger charge is -2.31. The van der Waals surface area contributed by atoms with Crippen molar-refractivity contribution < 1.29 is 14.3 Å². The fourth-order valence-electron chi connectivity index (χ4n) is 2.76. The minimum Gasteiger partial charge on any atom is -0.469 e. The van der Waals surface area contributed by atoms with E-state index in [1.807, 2.05) is 0 Å². The van der Waals surface area contributed by atoms with Crippen molar-refractivity contribution >= 4 is 35.9 Å². The summed E-state index contributed by atoms with van der Waals surface area (Å²) in [5.74, 6) is 0.770. The van der Waals surface area contributed by atoms with E-state index in [1.54, 1.807) is 0 Å². The van der Waals surface area contributed by atoms with Gasteiger partial charge in [-0.25, -0.2) is 0 Å². The number of unbranched alkanes of at least 4 members (excludes halogenated alkanes) is 3. The molecule has 1 aliphatic rings. The average Bonchev–Trinajstić information content (AvgIpc) is 2.65. The van der Waals surface area contributed by atoms with Gasteiger partial charge in [-0.15, -0.1) is 24.0 Å². The molecule has 0 aliphatic carbocycles. The topological polar surface area (TPSA) is 75.2 Å². The first-order valence-electron chi connectivity index (χ1n) is 9.58. The number of morpholine rings is 1. The normalized spacial score (nSPS) is 16.5. The summed E-state index contributed by atoms with van der Waals surface area (Å²) in [6.45, 7) is 10.5. The Bertz CT molecular complexity index is 391. The molecule has 1 fully saturated rings. The number of carbonyl (C=O) groups excluding carboxylic acids is 1. The van der Waals surface area contributed by atoms with Gasteiger partial charge in [-0.05, 0) is 26.7 Å². The second-order valence-corrected chi connectivity index (χ2v) is 6.38. The number of rotatable bonds is 11. The number of halogens is 1. The van der Waals surface area contributed by atoms with Crippen LogP contribution in [0.1, 0.15) is 46.0 Å². The van der Waals surface area contributed by atoms with Crippen molar-refractivity contribution in [3.8, 4) is 0 Å². The SMILES string of the molecule is CCNC(=NCC(C)N1CCOCC1)NCCCCCCC(=O)OC.I. The van der Waals surface area contributed by atoms with Crippen molar-refractivity contribution in [1.82, 2.24) is 15.5 Å². The number of nitrogens with one attached hydrogen (secondary N) is 2. The maximum absolute atomic E-state index is 11.0. The second-order valence-electron chi connectivity index (χ2n) is 6.38. The van der Waals surface area contributed by atoms with Crippen LogP contribution in [0.5, 0.6) is 0 Å².